The lowest BCUT2D eigenvalue weighted by molar-refractivity contribution is 0.0708. The van der Waals surface area contributed by atoms with Gasteiger partial charge >= 0.3 is 0 Å². The molecule has 0 aromatic carbocycles. The fourth-order valence-corrected chi connectivity index (χ4v) is 1.84. The molecule has 1 rings (SSSR count). The first-order valence-electron chi connectivity index (χ1n) is 6.35. The van der Waals surface area contributed by atoms with Crippen LogP contribution in [0.2, 0.25) is 0 Å². The van der Waals surface area contributed by atoms with E-state index in [9.17, 15) is 4.79 Å². The molecule has 1 heterocycles. The molecule has 1 aromatic rings. The SMILES string of the molecule is CCc1occc1C(=O)N(CC/C(N)=N/O)C(C)C. The van der Waals surface area contributed by atoms with Crippen molar-refractivity contribution in [2.75, 3.05) is 6.54 Å². The van der Waals surface area contributed by atoms with Crippen LogP contribution in [0.1, 0.15) is 43.3 Å². The van der Waals surface area contributed by atoms with E-state index in [-0.39, 0.29) is 17.8 Å². The van der Waals surface area contributed by atoms with Crippen molar-refractivity contribution in [1.29, 1.82) is 0 Å². The molecule has 0 aliphatic heterocycles. The highest BCUT2D eigenvalue weighted by molar-refractivity contribution is 5.95. The van der Waals surface area contributed by atoms with Crippen LogP contribution in [0.25, 0.3) is 0 Å². The Balaban J connectivity index is 2.84. The monoisotopic (exact) mass is 267 g/mol. The van der Waals surface area contributed by atoms with Gasteiger partial charge in [0.15, 0.2) is 0 Å². The zero-order valence-electron chi connectivity index (χ0n) is 11.6. The molecule has 19 heavy (non-hydrogen) atoms. The zero-order valence-corrected chi connectivity index (χ0v) is 11.6. The number of hydrogen-bond acceptors (Lipinski definition) is 4. The number of rotatable bonds is 6. The van der Waals surface area contributed by atoms with Crippen molar-refractivity contribution in [3.63, 3.8) is 0 Å². The van der Waals surface area contributed by atoms with Gasteiger partial charge in [-0.2, -0.15) is 0 Å². The third kappa shape index (κ3) is 3.74. The van der Waals surface area contributed by atoms with Crippen molar-refractivity contribution in [2.45, 2.75) is 39.7 Å². The van der Waals surface area contributed by atoms with E-state index in [0.717, 1.165) is 0 Å². The van der Waals surface area contributed by atoms with Crippen LogP contribution < -0.4 is 5.73 Å². The highest BCUT2D eigenvalue weighted by atomic mass is 16.4. The molecule has 3 N–H and O–H groups in total. The summed E-state index contributed by atoms with van der Waals surface area (Å²) in [4.78, 5) is 14.1. The lowest BCUT2D eigenvalue weighted by Gasteiger charge is -2.26. The lowest BCUT2D eigenvalue weighted by Crippen LogP contribution is -2.39. The average Bonchev–Trinajstić information content (AvgIpc) is 2.86. The maximum absolute atomic E-state index is 12.5. The molecule has 0 unspecified atom stereocenters. The Kier molecular flexibility index (Phi) is 5.41. The third-order valence-electron chi connectivity index (χ3n) is 2.92. The van der Waals surface area contributed by atoms with Gasteiger partial charge in [-0.3, -0.25) is 4.79 Å². The molecule has 0 aliphatic carbocycles. The predicted octanol–water partition coefficient (Wildman–Crippen LogP) is 1.83. The first kappa shape index (κ1) is 15.1. The number of amides is 1. The quantitative estimate of drug-likeness (QED) is 0.356. The molecular formula is C13H21N3O3. The van der Waals surface area contributed by atoms with Crippen LogP contribution in [0.4, 0.5) is 0 Å². The Morgan fingerprint density at radius 2 is 2.26 bits per heavy atom. The molecule has 1 aromatic heterocycles. The Morgan fingerprint density at radius 1 is 1.58 bits per heavy atom. The smallest absolute Gasteiger partial charge is 0.257 e. The number of hydrogen-bond donors (Lipinski definition) is 2. The maximum atomic E-state index is 12.5. The van der Waals surface area contributed by atoms with Crippen LogP contribution in [0.15, 0.2) is 21.9 Å². The van der Waals surface area contributed by atoms with Crippen LogP contribution in [0, 0.1) is 0 Å². The Bertz CT molecular complexity index is 452. The van der Waals surface area contributed by atoms with E-state index in [1.165, 1.54) is 6.26 Å². The molecule has 0 radical (unpaired) electrons. The van der Waals surface area contributed by atoms with Gasteiger partial charge in [-0.1, -0.05) is 12.1 Å². The number of oxime groups is 1. The summed E-state index contributed by atoms with van der Waals surface area (Å²) in [7, 11) is 0. The van der Waals surface area contributed by atoms with E-state index >= 15 is 0 Å². The number of aryl methyl sites for hydroxylation is 1. The van der Waals surface area contributed by atoms with E-state index in [1.54, 1.807) is 11.0 Å². The summed E-state index contributed by atoms with van der Waals surface area (Å²) in [5.41, 5.74) is 6.02. The molecule has 0 atom stereocenters. The zero-order chi connectivity index (χ0) is 14.4. The molecule has 0 aliphatic rings. The number of carbonyl (C=O) groups is 1. The predicted molar refractivity (Wildman–Crippen MR) is 72.3 cm³/mol. The fraction of sp³-hybridized carbons (Fsp3) is 0.538. The highest BCUT2D eigenvalue weighted by Crippen LogP contribution is 2.16. The molecular weight excluding hydrogens is 246 g/mol. The van der Waals surface area contributed by atoms with Gasteiger partial charge in [0.2, 0.25) is 0 Å². The van der Waals surface area contributed by atoms with Gasteiger partial charge in [0.05, 0.1) is 11.8 Å². The Morgan fingerprint density at radius 3 is 2.79 bits per heavy atom. The lowest BCUT2D eigenvalue weighted by atomic mass is 10.1. The van der Waals surface area contributed by atoms with Gasteiger partial charge in [-0.15, -0.1) is 0 Å². The molecule has 0 saturated heterocycles. The normalized spacial score (nSPS) is 11.9. The number of amidine groups is 1. The summed E-state index contributed by atoms with van der Waals surface area (Å²) >= 11 is 0. The van der Waals surface area contributed by atoms with Crippen molar-refractivity contribution in [1.82, 2.24) is 4.90 Å². The summed E-state index contributed by atoms with van der Waals surface area (Å²) in [5, 5.41) is 11.4. The Hall–Kier alpha value is -1.98. The number of carbonyl (C=O) groups excluding carboxylic acids is 1. The largest absolute Gasteiger partial charge is 0.469 e. The van der Waals surface area contributed by atoms with Gasteiger partial charge < -0.3 is 20.3 Å². The number of furan rings is 1. The van der Waals surface area contributed by atoms with Crippen LogP contribution in [-0.4, -0.2) is 34.4 Å². The van der Waals surface area contributed by atoms with E-state index < -0.39 is 0 Å². The summed E-state index contributed by atoms with van der Waals surface area (Å²) in [6.45, 7) is 6.19. The minimum atomic E-state index is -0.0914. The fourth-order valence-electron chi connectivity index (χ4n) is 1.84. The van der Waals surface area contributed by atoms with Gasteiger partial charge in [0.1, 0.15) is 11.6 Å². The summed E-state index contributed by atoms with van der Waals surface area (Å²) < 4.78 is 5.28. The molecule has 0 bridgehead atoms. The van der Waals surface area contributed by atoms with E-state index in [4.69, 9.17) is 15.4 Å². The van der Waals surface area contributed by atoms with Crippen molar-refractivity contribution in [2.24, 2.45) is 10.9 Å². The van der Waals surface area contributed by atoms with Crippen molar-refractivity contribution in [3.8, 4) is 0 Å². The molecule has 0 spiro atoms. The van der Waals surface area contributed by atoms with Crippen molar-refractivity contribution >= 4 is 11.7 Å². The topological polar surface area (TPSA) is 92.1 Å². The highest BCUT2D eigenvalue weighted by Gasteiger charge is 2.22. The summed E-state index contributed by atoms with van der Waals surface area (Å²) in [6.07, 6.45) is 2.52. The molecule has 6 heteroatoms. The van der Waals surface area contributed by atoms with Gasteiger partial charge in [0.25, 0.3) is 5.91 Å². The van der Waals surface area contributed by atoms with Crippen LogP contribution in [0.3, 0.4) is 0 Å². The molecule has 106 valence electrons. The van der Waals surface area contributed by atoms with Gasteiger partial charge in [0, 0.05) is 25.4 Å². The molecule has 0 fully saturated rings. The standard InChI is InChI=1S/C13H21N3O3/c1-4-11-10(6-8-19-11)13(17)16(9(2)3)7-5-12(14)15-18/h6,8-9,18H,4-5,7H2,1-3H3,(H2,14,15). The van der Waals surface area contributed by atoms with E-state index in [2.05, 4.69) is 5.16 Å². The molecule has 0 saturated carbocycles. The third-order valence-corrected chi connectivity index (χ3v) is 2.92. The van der Waals surface area contributed by atoms with Gasteiger partial charge in [-0.25, -0.2) is 0 Å². The van der Waals surface area contributed by atoms with Crippen molar-refractivity contribution < 1.29 is 14.4 Å². The maximum Gasteiger partial charge on any atom is 0.257 e. The molecule has 1 amide bonds. The average molecular weight is 267 g/mol. The molecule has 6 nitrogen and oxygen atoms in total. The minimum absolute atomic E-state index is 0.0265. The van der Waals surface area contributed by atoms with E-state index in [0.29, 0.717) is 30.7 Å². The van der Waals surface area contributed by atoms with Gasteiger partial charge in [-0.05, 0) is 19.9 Å². The van der Waals surface area contributed by atoms with Crippen LogP contribution in [0.5, 0.6) is 0 Å². The van der Waals surface area contributed by atoms with E-state index in [1.807, 2.05) is 20.8 Å². The second kappa shape index (κ2) is 6.82. The minimum Gasteiger partial charge on any atom is -0.469 e. The first-order chi connectivity index (χ1) is 9.01. The summed E-state index contributed by atoms with van der Waals surface area (Å²) in [5.74, 6) is 0.701. The number of nitrogens with zero attached hydrogens (tertiary/aromatic N) is 2. The first-order valence-corrected chi connectivity index (χ1v) is 6.35. The van der Waals surface area contributed by atoms with Crippen LogP contribution >= 0.6 is 0 Å². The number of nitrogens with two attached hydrogens (primary N) is 1. The second-order valence-electron chi connectivity index (χ2n) is 4.54. The van der Waals surface area contributed by atoms with Crippen LogP contribution in [-0.2, 0) is 6.42 Å². The second-order valence-corrected chi connectivity index (χ2v) is 4.54. The van der Waals surface area contributed by atoms with Crippen molar-refractivity contribution in [3.05, 3.63) is 23.7 Å². The summed E-state index contributed by atoms with van der Waals surface area (Å²) in [6, 6.07) is 1.71. The Labute approximate surface area is 112 Å².